The molecule has 1 rings (SSSR count). The molecule has 3 unspecified atom stereocenters. The van der Waals surface area contributed by atoms with Gasteiger partial charge >= 0.3 is 0 Å². The Morgan fingerprint density at radius 2 is 1.94 bits per heavy atom. The van der Waals surface area contributed by atoms with Gasteiger partial charge in [-0.15, -0.1) is 0 Å². The second-order valence-corrected chi connectivity index (χ2v) is 3.50. The molecule has 0 aromatic rings. The highest BCUT2D eigenvalue weighted by molar-refractivity contribution is 4.80. The van der Waals surface area contributed by atoms with Crippen LogP contribution in [0.25, 0.3) is 0 Å². The summed E-state index contributed by atoms with van der Waals surface area (Å²) in [6.45, 7) is 3.23. The molecule has 0 heterocycles. The van der Waals surface area contributed by atoms with Crippen LogP contribution in [0.5, 0.6) is 0 Å². The summed E-state index contributed by atoms with van der Waals surface area (Å²) in [6, 6.07) is -1.98. The SMILES string of the molecule is C=COOC1CCC([N+](=O)[O-])CC1[N+](=O)[O-]. The Labute approximate surface area is 91.1 Å². The van der Waals surface area contributed by atoms with E-state index >= 15 is 0 Å². The normalized spacial score (nSPS) is 29.4. The second kappa shape index (κ2) is 5.40. The molecule has 8 nitrogen and oxygen atoms in total. The van der Waals surface area contributed by atoms with Gasteiger partial charge in [0.1, 0.15) is 6.26 Å². The molecule has 0 spiro atoms. The van der Waals surface area contributed by atoms with Crippen LogP contribution < -0.4 is 0 Å². The molecule has 1 aliphatic carbocycles. The molecular formula is C8H12N2O6. The van der Waals surface area contributed by atoms with Crippen molar-refractivity contribution in [3.63, 3.8) is 0 Å². The highest BCUT2D eigenvalue weighted by Gasteiger charge is 2.44. The van der Waals surface area contributed by atoms with E-state index in [4.69, 9.17) is 4.89 Å². The number of nitrogens with zero attached hydrogens (tertiary/aromatic N) is 2. The third-order valence-electron chi connectivity index (χ3n) is 2.54. The van der Waals surface area contributed by atoms with Crippen LogP contribution in [0.2, 0.25) is 0 Å². The maximum Gasteiger partial charge on any atom is 0.249 e. The first-order valence-electron chi connectivity index (χ1n) is 4.76. The number of hydrogen-bond donors (Lipinski definition) is 0. The molecule has 0 radical (unpaired) electrons. The van der Waals surface area contributed by atoms with Crippen LogP contribution in [0.3, 0.4) is 0 Å². The number of rotatable bonds is 5. The average molecular weight is 232 g/mol. The Morgan fingerprint density at radius 1 is 1.25 bits per heavy atom. The fraction of sp³-hybridized carbons (Fsp3) is 0.750. The topological polar surface area (TPSA) is 105 Å². The van der Waals surface area contributed by atoms with Crippen molar-refractivity contribution in [3.8, 4) is 0 Å². The monoisotopic (exact) mass is 232 g/mol. The van der Waals surface area contributed by atoms with Crippen molar-refractivity contribution in [2.24, 2.45) is 0 Å². The quantitative estimate of drug-likeness (QED) is 0.302. The van der Waals surface area contributed by atoms with Gasteiger partial charge in [0, 0.05) is 16.3 Å². The van der Waals surface area contributed by atoms with Crippen LogP contribution in [0.1, 0.15) is 19.3 Å². The van der Waals surface area contributed by atoms with Gasteiger partial charge in [-0.3, -0.25) is 20.2 Å². The largest absolute Gasteiger partial charge is 0.346 e. The van der Waals surface area contributed by atoms with E-state index in [1.807, 2.05) is 0 Å². The van der Waals surface area contributed by atoms with Crippen LogP contribution in [0, 0.1) is 20.2 Å². The Balaban J connectivity index is 2.63. The van der Waals surface area contributed by atoms with E-state index in [0.717, 1.165) is 6.26 Å². The van der Waals surface area contributed by atoms with E-state index in [0.29, 0.717) is 0 Å². The third-order valence-corrected chi connectivity index (χ3v) is 2.54. The lowest BCUT2D eigenvalue weighted by Gasteiger charge is -2.25. The summed E-state index contributed by atoms with van der Waals surface area (Å²) in [5.41, 5.74) is 0. The Kier molecular flexibility index (Phi) is 4.18. The fourth-order valence-electron chi connectivity index (χ4n) is 1.73. The molecule has 0 aromatic carbocycles. The Hall–Kier alpha value is -1.70. The first-order chi connectivity index (χ1) is 7.56. The predicted octanol–water partition coefficient (Wildman–Crippen LogP) is 0.921. The van der Waals surface area contributed by atoms with E-state index in [1.165, 1.54) is 0 Å². The van der Waals surface area contributed by atoms with E-state index in [-0.39, 0.29) is 19.3 Å². The molecule has 1 saturated carbocycles. The van der Waals surface area contributed by atoms with Gasteiger partial charge in [0.05, 0.1) is 6.42 Å². The van der Waals surface area contributed by atoms with Crippen LogP contribution in [-0.4, -0.2) is 28.0 Å². The highest BCUT2D eigenvalue weighted by Crippen LogP contribution is 2.25. The lowest BCUT2D eigenvalue weighted by Crippen LogP contribution is -2.44. The van der Waals surface area contributed by atoms with Gasteiger partial charge in [0.15, 0.2) is 6.10 Å². The van der Waals surface area contributed by atoms with Gasteiger partial charge in [-0.1, -0.05) is 6.58 Å². The first kappa shape index (κ1) is 12.4. The third kappa shape index (κ3) is 2.89. The first-order valence-corrected chi connectivity index (χ1v) is 4.76. The van der Waals surface area contributed by atoms with Crippen molar-refractivity contribution in [3.05, 3.63) is 33.1 Å². The van der Waals surface area contributed by atoms with Gasteiger partial charge < -0.3 is 4.89 Å². The van der Waals surface area contributed by atoms with Crippen molar-refractivity contribution in [1.29, 1.82) is 0 Å². The molecule has 0 saturated heterocycles. The van der Waals surface area contributed by atoms with Gasteiger partial charge in [-0.05, 0) is 6.42 Å². The van der Waals surface area contributed by atoms with Crippen LogP contribution in [0.15, 0.2) is 12.8 Å². The van der Waals surface area contributed by atoms with E-state index < -0.39 is 28.0 Å². The van der Waals surface area contributed by atoms with Crippen LogP contribution >= 0.6 is 0 Å². The Bertz CT molecular complexity index is 294. The van der Waals surface area contributed by atoms with Crippen molar-refractivity contribution < 1.29 is 19.6 Å². The van der Waals surface area contributed by atoms with Gasteiger partial charge in [-0.2, -0.15) is 4.89 Å². The summed E-state index contributed by atoms with van der Waals surface area (Å²) in [5.74, 6) is 0. The summed E-state index contributed by atoms with van der Waals surface area (Å²) in [7, 11) is 0. The molecule has 16 heavy (non-hydrogen) atoms. The summed E-state index contributed by atoms with van der Waals surface area (Å²) in [6.07, 6.45) is 0.597. The van der Waals surface area contributed by atoms with Crippen molar-refractivity contribution in [2.75, 3.05) is 0 Å². The molecular weight excluding hydrogens is 220 g/mol. The summed E-state index contributed by atoms with van der Waals surface area (Å²) >= 11 is 0. The second-order valence-electron chi connectivity index (χ2n) is 3.50. The number of nitro groups is 2. The zero-order valence-electron chi connectivity index (χ0n) is 8.48. The molecule has 1 aliphatic rings. The summed E-state index contributed by atoms with van der Waals surface area (Å²) in [4.78, 5) is 29.4. The number of hydrogen-bond acceptors (Lipinski definition) is 6. The summed E-state index contributed by atoms with van der Waals surface area (Å²) < 4.78 is 0. The standard InChI is InChI=1S/C8H12N2O6/c1-2-15-16-8-4-3-6(9(11)12)5-7(8)10(13)14/h2,6-8H,1,3-5H2. The lowest BCUT2D eigenvalue weighted by atomic mass is 9.89. The van der Waals surface area contributed by atoms with Gasteiger partial charge in [0.2, 0.25) is 12.1 Å². The Morgan fingerprint density at radius 3 is 2.44 bits per heavy atom. The predicted molar refractivity (Wildman–Crippen MR) is 51.6 cm³/mol. The molecule has 0 aliphatic heterocycles. The molecule has 0 aromatic heterocycles. The van der Waals surface area contributed by atoms with E-state index in [9.17, 15) is 20.2 Å². The van der Waals surface area contributed by atoms with Crippen LogP contribution in [-0.2, 0) is 9.78 Å². The molecule has 0 N–H and O–H groups in total. The maximum absolute atomic E-state index is 10.7. The maximum atomic E-state index is 10.7. The lowest BCUT2D eigenvalue weighted by molar-refractivity contribution is -0.583. The molecule has 90 valence electrons. The van der Waals surface area contributed by atoms with E-state index in [1.54, 1.807) is 0 Å². The van der Waals surface area contributed by atoms with Gasteiger partial charge in [-0.25, -0.2) is 0 Å². The van der Waals surface area contributed by atoms with Crippen LogP contribution in [0.4, 0.5) is 0 Å². The molecule has 3 atom stereocenters. The zero-order chi connectivity index (χ0) is 12.1. The highest BCUT2D eigenvalue weighted by atomic mass is 17.2. The minimum atomic E-state index is -1.11. The molecule has 0 amide bonds. The average Bonchev–Trinajstić information content (AvgIpc) is 2.25. The van der Waals surface area contributed by atoms with Crippen molar-refractivity contribution >= 4 is 0 Å². The fourth-order valence-corrected chi connectivity index (χ4v) is 1.73. The minimum absolute atomic E-state index is 0.134. The van der Waals surface area contributed by atoms with Crippen molar-refractivity contribution in [2.45, 2.75) is 37.5 Å². The van der Waals surface area contributed by atoms with E-state index in [2.05, 4.69) is 11.5 Å². The summed E-state index contributed by atoms with van der Waals surface area (Å²) in [5, 5.41) is 21.3. The molecule has 8 heteroatoms. The van der Waals surface area contributed by atoms with Crippen molar-refractivity contribution in [1.82, 2.24) is 0 Å². The zero-order valence-corrected chi connectivity index (χ0v) is 8.48. The molecule has 0 bridgehead atoms. The minimum Gasteiger partial charge on any atom is -0.346 e. The van der Waals surface area contributed by atoms with Gasteiger partial charge in [0.25, 0.3) is 0 Å². The smallest absolute Gasteiger partial charge is 0.249 e. The molecule has 1 fully saturated rings.